The van der Waals surface area contributed by atoms with Crippen molar-refractivity contribution < 1.29 is 29.0 Å². The van der Waals surface area contributed by atoms with Crippen molar-refractivity contribution >= 4 is 23.9 Å². The summed E-state index contributed by atoms with van der Waals surface area (Å²) >= 11 is 0. The summed E-state index contributed by atoms with van der Waals surface area (Å²) in [4.78, 5) is 40.8. The monoisotopic (exact) mass is 359 g/mol. The number of hydrogen-bond acceptors (Lipinski definition) is 7. The Balaban J connectivity index is 2.69. The zero-order chi connectivity index (χ0) is 19.3. The molecule has 0 saturated heterocycles. The molecule has 138 valence electrons. The fraction of sp³-hybridized carbons (Fsp3) is 0.368. The number of esters is 2. The molecule has 1 heterocycles. The van der Waals surface area contributed by atoms with Crippen LogP contribution >= 0.6 is 0 Å². The van der Waals surface area contributed by atoms with Crippen molar-refractivity contribution in [2.24, 2.45) is 10.9 Å². The largest absolute Gasteiger partial charge is 0.508 e. The fourth-order valence-electron chi connectivity index (χ4n) is 3.03. The molecule has 1 aromatic rings. The first kappa shape index (κ1) is 19.4. The van der Waals surface area contributed by atoms with Crippen LogP contribution in [-0.4, -0.2) is 42.3 Å². The third-order valence-electron chi connectivity index (χ3n) is 4.04. The van der Waals surface area contributed by atoms with Crippen LogP contribution in [0.15, 0.2) is 40.5 Å². The molecule has 2 rings (SSSR count). The highest BCUT2D eigenvalue weighted by Crippen LogP contribution is 2.40. The molecule has 2 unspecified atom stereocenters. The van der Waals surface area contributed by atoms with Crippen molar-refractivity contribution in [3.05, 3.63) is 41.1 Å². The van der Waals surface area contributed by atoms with Crippen molar-refractivity contribution in [2.75, 3.05) is 13.2 Å². The quantitative estimate of drug-likeness (QED) is 0.617. The second kappa shape index (κ2) is 8.42. The Morgan fingerprint density at radius 1 is 1.23 bits per heavy atom. The molecule has 0 aliphatic carbocycles. The van der Waals surface area contributed by atoms with Gasteiger partial charge in [-0.2, -0.15) is 0 Å². The van der Waals surface area contributed by atoms with Gasteiger partial charge in [0.2, 0.25) is 0 Å². The van der Waals surface area contributed by atoms with E-state index in [1.165, 1.54) is 12.1 Å². The van der Waals surface area contributed by atoms with E-state index in [2.05, 4.69) is 4.99 Å². The predicted octanol–water partition coefficient (Wildman–Crippen LogP) is 2.15. The third kappa shape index (κ3) is 3.82. The number of aldehydes is 1. The molecular weight excluding hydrogens is 338 g/mol. The van der Waals surface area contributed by atoms with E-state index in [1.807, 2.05) is 0 Å². The number of rotatable bonds is 6. The van der Waals surface area contributed by atoms with Gasteiger partial charge in [0.05, 0.1) is 18.8 Å². The Morgan fingerprint density at radius 3 is 2.50 bits per heavy atom. The maximum absolute atomic E-state index is 12.6. The van der Waals surface area contributed by atoms with Gasteiger partial charge in [0.1, 0.15) is 17.4 Å². The van der Waals surface area contributed by atoms with Crippen LogP contribution in [0, 0.1) is 5.92 Å². The van der Waals surface area contributed by atoms with Gasteiger partial charge in [-0.1, -0.05) is 12.1 Å². The van der Waals surface area contributed by atoms with Gasteiger partial charge in [-0.25, -0.2) is 4.79 Å². The molecule has 1 aliphatic rings. The van der Waals surface area contributed by atoms with E-state index in [1.54, 1.807) is 32.9 Å². The van der Waals surface area contributed by atoms with Crippen molar-refractivity contribution in [1.82, 2.24) is 0 Å². The molecule has 1 aromatic carbocycles. The lowest BCUT2D eigenvalue weighted by Gasteiger charge is -2.31. The molecular formula is C19H21NO6. The second-order valence-electron chi connectivity index (χ2n) is 5.69. The Bertz CT molecular complexity index is 780. The van der Waals surface area contributed by atoms with E-state index in [9.17, 15) is 19.5 Å². The van der Waals surface area contributed by atoms with Gasteiger partial charge >= 0.3 is 11.9 Å². The molecule has 0 fully saturated rings. The minimum absolute atomic E-state index is 0.0175. The maximum Gasteiger partial charge on any atom is 0.336 e. The summed E-state index contributed by atoms with van der Waals surface area (Å²) in [6.45, 7) is 5.18. The molecule has 0 radical (unpaired) electrons. The number of aromatic hydroxyl groups is 1. The predicted molar refractivity (Wildman–Crippen MR) is 93.8 cm³/mol. The van der Waals surface area contributed by atoms with Crippen LogP contribution in [0.2, 0.25) is 0 Å². The highest BCUT2D eigenvalue weighted by molar-refractivity contribution is 6.09. The minimum atomic E-state index is -0.903. The number of phenolic OH excluding ortho intramolecular Hbond substituents is 1. The van der Waals surface area contributed by atoms with Gasteiger partial charge in [0.15, 0.2) is 6.29 Å². The van der Waals surface area contributed by atoms with Crippen molar-refractivity contribution in [3.8, 4) is 5.75 Å². The number of hydrogen-bond donors (Lipinski definition) is 1. The van der Waals surface area contributed by atoms with E-state index in [4.69, 9.17) is 9.47 Å². The average molecular weight is 359 g/mol. The van der Waals surface area contributed by atoms with Crippen LogP contribution in [-0.2, 0) is 23.9 Å². The van der Waals surface area contributed by atoms with Crippen LogP contribution in [0.3, 0.4) is 0 Å². The molecule has 1 N–H and O–H groups in total. The molecule has 0 aromatic heterocycles. The Labute approximate surface area is 151 Å². The highest BCUT2D eigenvalue weighted by atomic mass is 16.5. The number of nitrogens with zero attached hydrogens (tertiary/aromatic N) is 1. The molecule has 26 heavy (non-hydrogen) atoms. The van der Waals surface area contributed by atoms with Gasteiger partial charge in [-0.05, 0) is 38.5 Å². The summed E-state index contributed by atoms with van der Waals surface area (Å²) in [6, 6.07) is 6.17. The lowest BCUT2D eigenvalue weighted by molar-refractivity contribution is -0.146. The smallest absolute Gasteiger partial charge is 0.336 e. The van der Waals surface area contributed by atoms with E-state index >= 15 is 0 Å². The van der Waals surface area contributed by atoms with Crippen LogP contribution in [0.1, 0.15) is 32.3 Å². The third-order valence-corrected chi connectivity index (χ3v) is 4.04. The van der Waals surface area contributed by atoms with E-state index < -0.39 is 23.8 Å². The Hall–Kier alpha value is -2.96. The number of aliphatic imine (C=N–C) groups is 1. The van der Waals surface area contributed by atoms with E-state index in [-0.39, 0.29) is 30.2 Å². The molecule has 7 nitrogen and oxygen atoms in total. The number of allylic oxidation sites excluding steroid dienone is 1. The molecule has 0 amide bonds. The van der Waals surface area contributed by atoms with E-state index in [0.29, 0.717) is 17.6 Å². The van der Waals surface area contributed by atoms with Gasteiger partial charge in [-0.3, -0.25) is 14.6 Å². The molecule has 0 bridgehead atoms. The van der Waals surface area contributed by atoms with Gasteiger partial charge < -0.3 is 14.6 Å². The fourth-order valence-corrected chi connectivity index (χ4v) is 3.03. The lowest BCUT2D eigenvalue weighted by atomic mass is 9.75. The summed E-state index contributed by atoms with van der Waals surface area (Å²) in [5, 5.41) is 9.84. The molecule has 7 heteroatoms. The normalized spacial score (nSPS) is 19.6. The Kier molecular flexibility index (Phi) is 6.27. The highest BCUT2D eigenvalue weighted by Gasteiger charge is 2.43. The summed E-state index contributed by atoms with van der Waals surface area (Å²) in [5.41, 5.74) is 0.734. The molecule has 0 spiro atoms. The topological polar surface area (TPSA) is 102 Å². The Morgan fingerprint density at radius 2 is 1.92 bits per heavy atom. The summed E-state index contributed by atoms with van der Waals surface area (Å²) in [7, 11) is 0. The van der Waals surface area contributed by atoms with E-state index in [0.717, 1.165) is 0 Å². The molecule has 2 atom stereocenters. The minimum Gasteiger partial charge on any atom is -0.508 e. The summed E-state index contributed by atoms with van der Waals surface area (Å²) in [5.74, 6) is -3.07. The molecule has 1 aliphatic heterocycles. The lowest BCUT2D eigenvalue weighted by Crippen LogP contribution is -2.37. The zero-order valence-electron chi connectivity index (χ0n) is 14.9. The summed E-state index contributed by atoms with van der Waals surface area (Å²) in [6.07, 6.45) is 0.465. The van der Waals surface area contributed by atoms with Crippen LogP contribution < -0.4 is 0 Å². The number of benzene rings is 1. The molecule has 0 saturated carbocycles. The van der Waals surface area contributed by atoms with Crippen LogP contribution in [0.5, 0.6) is 5.75 Å². The van der Waals surface area contributed by atoms with Gasteiger partial charge in [0, 0.05) is 11.6 Å². The standard InChI is InChI=1S/C19H21NO6/c1-4-25-18(23)15-11(3)20-14(10-21)17(19(24)26-5-2)16(15)12-7-6-8-13(22)9-12/h6-10,15-16,22H,4-5H2,1-3H3. The number of phenols is 1. The first-order chi connectivity index (χ1) is 12.4. The van der Waals surface area contributed by atoms with Gasteiger partial charge in [-0.15, -0.1) is 0 Å². The number of carbonyl (C=O) groups is 3. The zero-order valence-corrected chi connectivity index (χ0v) is 14.9. The van der Waals surface area contributed by atoms with Crippen molar-refractivity contribution in [1.29, 1.82) is 0 Å². The van der Waals surface area contributed by atoms with Crippen molar-refractivity contribution in [3.63, 3.8) is 0 Å². The number of ether oxygens (including phenoxy) is 2. The number of carbonyl (C=O) groups excluding carboxylic acids is 3. The second-order valence-corrected chi connectivity index (χ2v) is 5.69. The maximum atomic E-state index is 12.6. The average Bonchev–Trinajstić information content (AvgIpc) is 2.60. The SMILES string of the molecule is CCOC(=O)C1=C(C=O)N=C(C)C(C(=O)OCC)C1c1cccc(O)c1. The first-order valence-electron chi connectivity index (χ1n) is 8.31. The summed E-state index contributed by atoms with van der Waals surface area (Å²) < 4.78 is 10.2. The van der Waals surface area contributed by atoms with Crippen LogP contribution in [0.4, 0.5) is 0 Å². The first-order valence-corrected chi connectivity index (χ1v) is 8.31. The van der Waals surface area contributed by atoms with Crippen LogP contribution in [0.25, 0.3) is 0 Å². The van der Waals surface area contributed by atoms with Gasteiger partial charge in [0.25, 0.3) is 0 Å². The van der Waals surface area contributed by atoms with Crippen molar-refractivity contribution in [2.45, 2.75) is 26.7 Å².